The summed E-state index contributed by atoms with van der Waals surface area (Å²) >= 11 is 0. The van der Waals surface area contributed by atoms with E-state index in [4.69, 9.17) is 15.6 Å². The van der Waals surface area contributed by atoms with E-state index < -0.39 is 12.1 Å². The van der Waals surface area contributed by atoms with E-state index in [9.17, 15) is 9.59 Å². The van der Waals surface area contributed by atoms with Gasteiger partial charge in [0.15, 0.2) is 6.10 Å². The molecule has 0 radical (unpaired) electrons. The van der Waals surface area contributed by atoms with Gasteiger partial charge in [-0.2, -0.15) is 0 Å². The van der Waals surface area contributed by atoms with Gasteiger partial charge in [0, 0.05) is 19.2 Å². The predicted molar refractivity (Wildman–Crippen MR) is 65.1 cm³/mol. The van der Waals surface area contributed by atoms with Crippen molar-refractivity contribution in [1.82, 2.24) is 5.32 Å². The van der Waals surface area contributed by atoms with Gasteiger partial charge in [-0.3, -0.25) is 4.79 Å². The van der Waals surface area contributed by atoms with Crippen molar-refractivity contribution in [2.24, 2.45) is 5.73 Å². The highest BCUT2D eigenvalue weighted by atomic mass is 16.5. The zero-order chi connectivity index (χ0) is 13.5. The van der Waals surface area contributed by atoms with Crippen molar-refractivity contribution < 1.29 is 19.4 Å². The summed E-state index contributed by atoms with van der Waals surface area (Å²) in [7, 11) is 1.28. The van der Waals surface area contributed by atoms with Gasteiger partial charge in [0.05, 0.1) is 6.54 Å². The normalized spacial score (nSPS) is 11.9. The fourth-order valence-electron chi connectivity index (χ4n) is 1.35. The van der Waals surface area contributed by atoms with Crippen LogP contribution in [0.15, 0.2) is 24.3 Å². The van der Waals surface area contributed by atoms with Crippen molar-refractivity contribution in [2.75, 3.05) is 13.7 Å². The summed E-state index contributed by atoms with van der Waals surface area (Å²) in [5.41, 5.74) is 6.82. The maximum atomic E-state index is 11.7. The van der Waals surface area contributed by atoms with Crippen molar-refractivity contribution in [2.45, 2.75) is 12.6 Å². The molecule has 6 heteroatoms. The van der Waals surface area contributed by atoms with Crippen LogP contribution in [-0.4, -0.2) is 36.7 Å². The van der Waals surface area contributed by atoms with E-state index in [0.29, 0.717) is 12.1 Å². The molecule has 1 unspecified atom stereocenters. The molecular weight excluding hydrogens is 236 g/mol. The highest BCUT2D eigenvalue weighted by Crippen LogP contribution is 2.03. The number of carboxylic acids is 1. The maximum absolute atomic E-state index is 11.7. The summed E-state index contributed by atoms with van der Waals surface area (Å²) in [5.74, 6) is -1.46. The molecule has 0 bridgehead atoms. The van der Waals surface area contributed by atoms with Gasteiger partial charge in [-0.25, -0.2) is 4.79 Å². The molecule has 0 heterocycles. The number of carboxylic acid groups (broad SMARTS) is 1. The SMILES string of the molecule is COC(CNC(=O)c1ccc(CN)cc1)C(=O)O. The average Bonchev–Trinajstić information content (AvgIpc) is 2.39. The summed E-state index contributed by atoms with van der Waals surface area (Å²) in [4.78, 5) is 22.4. The van der Waals surface area contributed by atoms with E-state index in [0.717, 1.165) is 5.56 Å². The third-order valence-electron chi connectivity index (χ3n) is 2.46. The number of aliphatic carboxylic acids is 1. The number of ether oxygens (including phenoxy) is 1. The second-order valence-corrected chi connectivity index (χ2v) is 3.67. The molecule has 0 saturated heterocycles. The molecule has 0 aliphatic rings. The molecule has 18 heavy (non-hydrogen) atoms. The number of nitrogens with one attached hydrogen (secondary N) is 1. The van der Waals surface area contributed by atoms with Crippen LogP contribution in [0.3, 0.4) is 0 Å². The number of benzene rings is 1. The van der Waals surface area contributed by atoms with E-state index in [-0.39, 0.29) is 12.5 Å². The van der Waals surface area contributed by atoms with Gasteiger partial charge < -0.3 is 20.9 Å². The Bertz CT molecular complexity index is 417. The minimum Gasteiger partial charge on any atom is -0.479 e. The second kappa shape index (κ2) is 6.73. The summed E-state index contributed by atoms with van der Waals surface area (Å²) in [5, 5.41) is 11.2. The van der Waals surface area contributed by atoms with Crippen LogP contribution in [0.4, 0.5) is 0 Å². The zero-order valence-electron chi connectivity index (χ0n) is 10.1. The average molecular weight is 252 g/mol. The highest BCUT2D eigenvalue weighted by Gasteiger charge is 2.17. The molecule has 0 saturated carbocycles. The number of carbonyl (C=O) groups is 2. The van der Waals surface area contributed by atoms with E-state index in [1.807, 2.05) is 0 Å². The Kier molecular flexibility index (Phi) is 5.29. The Labute approximate surface area is 105 Å². The summed E-state index contributed by atoms with van der Waals surface area (Å²) in [6.45, 7) is 0.329. The smallest absolute Gasteiger partial charge is 0.334 e. The first-order valence-corrected chi connectivity index (χ1v) is 5.41. The Balaban J connectivity index is 2.56. The lowest BCUT2D eigenvalue weighted by molar-refractivity contribution is -0.148. The van der Waals surface area contributed by atoms with E-state index in [1.54, 1.807) is 24.3 Å². The number of carbonyl (C=O) groups excluding carboxylic acids is 1. The summed E-state index contributed by atoms with van der Waals surface area (Å²) < 4.78 is 4.70. The van der Waals surface area contributed by atoms with E-state index in [2.05, 4.69) is 5.32 Å². The first-order valence-electron chi connectivity index (χ1n) is 5.41. The molecule has 1 aromatic rings. The second-order valence-electron chi connectivity index (χ2n) is 3.67. The number of hydrogen-bond acceptors (Lipinski definition) is 4. The lowest BCUT2D eigenvalue weighted by Gasteiger charge is -2.11. The topological polar surface area (TPSA) is 102 Å². The van der Waals surface area contributed by atoms with Crippen LogP contribution in [0.1, 0.15) is 15.9 Å². The third kappa shape index (κ3) is 3.83. The van der Waals surface area contributed by atoms with Crippen LogP contribution in [0.5, 0.6) is 0 Å². The van der Waals surface area contributed by atoms with Gasteiger partial charge in [0.2, 0.25) is 0 Å². The monoisotopic (exact) mass is 252 g/mol. The number of rotatable bonds is 6. The molecule has 0 aromatic heterocycles. The first-order chi connectivity index (χ1) is 8.58. The molecule has 0 aliphatic heterocycles. The van der Waals surface area contributed by atoms with Crippen molar-refractivity contribution in [1.29, 1.82) is 0 Å². The summed E-state index contributed by atoms with van der Waals surface area (Å²) in [6, 6.07) is 6.78. The van der Waals surface area contributed by atoms with Crippen molar-refractivity contribution in [3.05, 3.63) is 35.4 Å². The van der Waals surface area contributed by atoms with Gasteiger partial charge in [-0.05, 0) is 17.7 Å². The Morgan fingerprint density at radius 2 is 2.00 bits per heavy atom. The molecule has 4 N–H and O–H groups in total. The zero-order valence-corrected chi connectivity index (χ0v) is 10.1. The number of amides is 1. The fraction of sp³-hybridized carbons (Fsp3) is 0.333. The number of hydrogen-bond donors (Lipinski definition) is 3. The summed E-state index contributed by atoms with van der Waals surface area (Å²) in [6.07, 6.45) is -1.04. The van der Waals surface area contributed by atoms with Crippen LogP contribution < -0.4 is 11.1 Å². The minimum atomic E-state index is -1.11. The van der Waals surface area contributed by atoms with E-state index >= 15 is 0 Å². The third-order valence-corrected chi connectivity index (χ3v) is 2.46. The fourth-order valence-corrected chi connectivity index (χ4v) is 1.35. The van der Waals surface area contributed by atoms with Crippen LogP contribution >= 0.6 is 0 Å². The molecule has 0 fully saturated rings. The predicted octanol–water partition coefficient (Wildman–Crippen LogP) is -0.0253. The molecule has 0 aliphatic carbocycles. The molecular formula is C12H16N2O4. The largest absolute Gasteiger partial charge is 0.479 e. The van der Waals surface area contributed by atoms with Crippen molar-refractivity contribution in [3.63, 3.8) is 0 Å². The van der Waals surface area contributed by atoms with Gasteiger partial charge >= 0.3 is 5.97 Å². The minimum absolute atomic E-state index is 0.0801. The Morgan fingerprint density at radius 1 is 1.39 bits per heavy atom. The Morgan fingerprint density at radius 3 is 2.44 bits per heavy atom. The number of nitrogens with two attached hydrogens (primary N) is 1. The van der Waals surface area contributed by atoms with Crippen molar-refractivity contribution >= 4 is 11.9 Å². The van der Waals surface area contributed by atoms with Gasteiger partial charge in [-0.1, -0.05) is 12.1 Å². The number of methoxy groups -OCH3 is 1. The standard InChI is InChI=1S/C12H16N2O4/c1-18-10(12(16)17)7-14-11(15)9-4-2-8(6-13)3-5-9/h2-5,10H,6-7,13H2,1H3,(H,14,15)(H,16,17). The lowest BCUT2D eigenvalue weighted by Crippen LogP contribution is -2.37. The first kappa shape index (κ1) is 14.1. The molecule has 1 atom stereocenters. The molecule has 1 amide bonds. The van der Waals surface area contributed by atoms with Gasteiger partial charge in [-0.15, -0.1) is 0 Å². The molecule has 0 spiro atoms. The van der Waals surface area contributed by atoms with Crippen molar-refractivity contribution in [3.8, 4) is 0 Å². The molecule has 1 rings (SSSR count). The molecule has 98 valence electrons. The van der Waals surface area contributed by atoms with Crippen LogP contribution in [0, 0.1) is 0 Å². The van der Waals surface area contributed by atoms with E-state index in [1.165, 1.54) is 7.11 Å². The molecule has 1 aromatic carbocycles. The Hall–Kier alpha value is -1.92. The molecule has 6 nitrogen and oxygen atoms in total. The van der Waals surface area contributed by atoms with Gasteiger partial charge in [0.1, 0.15) is 0 Å². The van der Waals surface area contributed by atoms with Gasteiger partial charge in [0.25, 0.3) is 5.91 Å². The lowest BCUT2D eigenvalue weighted by atomic mass is 10.1. The quantitative estimate of drug-likeness (QED) is 0.660. The van der Waals surface area contributed by atoms with Crippen LogP contribution in [0.25, 0.3) is 0 Å². The van der Waals surface area contributed by atoms with Crippen LogP contribution in [-0.2, 0) is 16.1 Å². The van der Waals surface area contributed by atoms with Crippen LogP contribution in [0.2, 0.25) is 0 Å². The maximum Gasteiger partial charge on any atom is 0.334 e. The highest BCUT2D eigenvalue weighted by molar-refractivity contribution is 5.94.